The van der Waals surface area contributed by atoms with Crippen LogP contribution < -0.4 is 21.9 Å². The molecule has 0 saturated heterocycles. The molecule has 0 aromatic carbocycles. The van der Waals surface area contributed by atoms with E-state index in [0.717, 1.165) is 22.8 Å². The van der Waals surface area contributed by atoms with Gasteiger partial charge in [0.05, 0.1) is 5.69 Å². The topological polar surface area (TPSA) is 158 Å². The summed E-state index contributed by atoms with van der Waals surface area (Å²) in [6.07, 6.45) is 3.77. The number of aromatic amines is 1. The summed E-state index contributed by atoms with van der Waals surface area (Å²) >= 11 is 3.10. The molecule has 0 atom stereocenters. The van der Waals surface area contributed by atoms with E-state index >= 15 is 0 Å². The molecule has 0 aliphatic rings. The summed E-state index contributed by atoms with van der Waals surface area (Å²) in [7, 11) is 0. The summed E-state index contributed by atoms with van der Waals surface area (Å²) < 4.78 is 0. The minimum atomic E-state index is -0.262. The first-order valence-electron chi connectivity index (χ1n) is 8.32. The largest absolute Gasteiger partial charge is 0.370 e. The Kier molecular flexibility index (Phi) is 6.92. The number of nitrogens with two attached hydrogens (primary N) is 1. The lowest BCUT2D eigenvalue weighted by molar-refractivity contribution is 0.862. The highest BCUT2D eigenvalue weighted by Gasteiger charge is 2.06. The molecule has 0 spiro atoms. The maximum absolute atomic E-state index is 12.1. The number of nitrogens with zero attached hydrogens (tertiary/aromatic N) is 4. The van der Waals surface area contributed by atoms with Crippen LogP contribution in [0.1, 0.15) is 17.0 Å². The summed E-state index contributed by atoms with van der Waals surface area (Å²) in [6.45, 7) is 0.625. The Morgan fingerprint density at radius 1 is 1.39 bits per heavy atom. The van der Waals surface area contributed by atoms with Crippen LogP contribution in [0.3, 0.4) is 0 Å². The molecular weight excluding hydrogens is 398 g/mol. The van der Waals surface area contributed by atoms with Crippen LogP contribution in [0.25, 0.3) is 0 Å². The van der Waals surface area contributed by atoms with Crippen LogP contribution in [0.2, 0.25) is 0 Å². The lowest BCUT2D eigenvalue weighted by atomic mass is 10.2. The average Bonchev–Trinajstić information content (AvgIpc) is 3.11. The Labute approximate surface area is 168 Å². The maximum Gasteiger partial charge on any atom is 0.274 e. The molecule has 3 aromatic heterocycles. The third-order valence-corrected chi connectivity index (χ3v) is 5.24. The number of H-pyrrole nitrogens is 1. The third-order valence-electron chi connectivity index (χ3n) is 3.44. The van der Waals surface area contributed by atoms with Gasteiger partial charge in [0.15, 0.2) is 11.1 Å². The fourth-order valence-electron chi connectivity index (χ4n) is 2.22. The predicted octanol–water partition coefficient (Wildman–Crippen LogP) is 1.26. The van der Waals surface area contributed by atoms with Crippen molar-refractivity contribution in [1.82, 2.24) is 25.1 Å². The Morgan fingerprint density at radius 3 is 3.04 bits per heavy atom. The molecule has 0 amide bonds. The number of anilines is 2. The van der Waals surface area contributed by atoms with E-state index in [-0.39, 0.29) is 11.5 Å². The van der Waals surface area contributed by atoms with E-state index in [9.17, 15) is 4.79 Å². The van der Waals surface area contributed by atoms with E-state index in [0.29, 0.717) is 29.7 Å². The molecule has 3 aromatic rings. The lowest BCUT2D eigenvalue weighted by Gasteiger charge is -2.05. The van der Waals surface area contributed by atoms with Gasteiger partial charge in [-0.05, 0) is 11.6 Å². The van der Waals surface area contributed by atoms with Crippen LogP contribution in [0, 0.1) is 5.41 Å². The molecule has 0 saturated carbocycles. The van der Waals surface area contributed by atoms with Crippen molar-refractivity contribution in [3.63, 3.8) is 0 Å². The van der Waals surface area contributed by atoms with Crippen LogP contribution in [-0.2, 0) is 12.2 Å². The summed E-state index contributed by atoms with van der Waals surface area (Å²) in [5.41, 5.74) is 7.19. The highest BCUT2D eigenvalue weighted by Crippen LogP contribution is 2.19. The first-order chi connectivity index (χ1) is 13.6. The highest BCUT2D eigenvalue weighted by atomic mass is 32.2. The molecule has 6 N–H and O–H groups in total. The Balaban J connectivity index is 1.41. The number of hydrogen-bond donors (Lipinski definition) is 5. The number of rotatable bonds is 9. The van der Waals surface area contributed by atoms with E-state index in [2.05, 4.69) is 35.8 Å². The van der Waals surface area contributed by atoms with Crippen LogP contribution in [-0.4, -0.2) is 43.4 Å². The van der Waals surface area contributed by atoms with Gasteiger partial charge in [-0.3, -0.25) is 20.2 Å². The van der Waals surface area contributed by atoms with Crippen LogP contribution in [0.5, 0.6) is 0 Å². The van der Waals surface area contributed by atoms with Gasteiger partial charge in [-0.25, -0.2) is 4.98 Å². The van der Waals surface area contributed by atoms with Crippen molar-refractivity contribution in [2.24, 2.45) is 5.73 Å². The standard InChI is InChI=1S/C16H19N9OS2/c17-14(18)23-16-21-11(9-28-16)8-27-5-4-20-15-22-13(26)12(24-25-15)6-10-2-1-3-19-7-10/h1-3,7,9H,4-6,8H2,(H4,17,18,21,23)(H2,20,22,25,26). The quantitative estimate of drug-likeness (QED) is 0.196. The van der Waals surface area contributed by atoms with Crippen molar-refractivity contribution in [3.05, 3.63) is 57.2 Å². The molecular formula is C16H19N9OS2. The van der Waals surface area contributed by atoms with Crippen molar-refractivity contribution in [2.45, 2.75) is 12.2 Å². The fraction of sp³-hybridized carbons (Fsp3) is 0.250. The van der Waals surface area contributed by atoms with Gasteiger partial charge in [0.2, 0.25) is 5.95 Å². The molecule has 146 valence electrons. The number of thioether (sulfide) groups is 1. The van der Waals surface area contributed by atoms with Gasteiger partial charge in [-0.15, -0.1) is 21.5 Å². The molecule has 0 fully saturated rings. The SMILES string of the molecule is N=C(N)Nc1nc(CSCCNc2nnc(Cc3cccnc3)c(=O)[nH]2)cs1. The van der Waals surface area contributed by atoms with Gasteiger partial charge in [-0.2, -0.15) is 11.8 Å². The minimum absolute atomic E-state index is 0.126. The van der Waals surface area contributed by atoms with Crippen molar-refractivity contribution in [1.29, 1.82) is 5.41 Å². The van der Waals surface area contributed by atoms with Gasteiger partial charge < -0.3 is 16.4 Å². The van der Waals surface area contributed by atoms with Crippen molar-refractivity contribution in [2.75, 3.05) is 22.9 Å². The molecule has 0 unspecified atom stereocenters. The molecule has 12 heteroatoms. The van der Waals surface area contributed by atoms with E-state index < -0.39 is 0 Å². The summed E-state index contributed by atoms with van der Waals surface area (Å²) in [5, 5.41) is 23.5. The predicted molar refractivity (Wildman–Crippen MR) is 112 cm³/mol. The van der Waals surface area contributed by atoms with Gasteiger partial charge in [0.1, 0.15) is 5.69 Å². The number of aromatic nitrogens is 5. The second kappa shape index (κ2) is 9.80. The van der Waals surface area contributed by atoms with Gasteiger partial charge in [0, 0.05) is 42.2 Å². The Morgan fingerprint density at radius 2 is 2.29 bits per heavy atom. The zero-order valence-electron chi connectivity index (χ0n) is 14.8. The van der Waals surface area contributed by atoms with E-state index in [1.807, 2.05) is 17.5 Å². The fourth-order valence-corrected chi connectivity index (χ4v) is 3.79. The van der Waals surface area contributed by atoms with Gasteiger partial charge in [-0.1, -0.05) is 6.07 Å². The second-order valence-corrected chi connectivity index (χ2v) is 7.61. The third kappa shape index (κ3) is 6.03. The number of nitrogens with one attached hydrogen (secondary N) is 4. The smallest absolute Gasteiger partial charge is 0.274 e. The van der Waals surface area contributed by atoms with Crippen LogP contribution >= 0.6 is 23.1 Å². The number of guanidine groups is 1. The summed E-state index contributed by atoms with van der Waals surface area (Å²) in [4.78, 5) is 23.2. The molecule has 0 aliphatic carbocycles. The lowest BCUT2D eigenvalue weighted by Crippen LogP contribution is -2.20. The average molecular weight is 418 g/mol. The molecule has 0 bridgehead atoms. The molecule has 10 nitrogen and oxygen atoms in total. The second-order valence-electron chi connectivity index (χ2n) is 5.65. The van der Waals surface area contributed by atoms with Gasteiger partial charge in [0.25, 0.3) is 5.56 Å². The normalized spacial score (nSPS) is 10.6. The molecule has 3 heterocycles. The van der Waals surface area contributed by atoms with E-state index in [4.69, 9.17) is 11.1 Å². The number of pyridine rings is 1. The first-order valence-corrected chi connectivity index (χ1v) is 10.4. The summed E-state index contributed by atoms with van der Waals surface area (Å²) in [5.74, 6) is 1.76. The molecule has 3 rings (SSSR count). The van der Waals surface area contributed by atoms with E-state index in [1.54, 1.807) is 24.2 Å². The van der Waals surface area contributed by atoms with Crippen molar-refractivity contribution < 1.29 is 0 Å². The number of thiazole rings is 1. The zero-order valence-corrected chi connectivity index (χ0v) is 16.4. The van der Waals surface area contributed by atoms with E-state index in [1.165, 1.54) is 11.3 Å². The van der Waals surface area contributed by atoms with Gasteiger partial charge >= 0.3 is 0 Å². The summed E-state index contributed by atoms with van der Waals surface area (Å²) in [6, 6.07) is 3.70. The first kappa shape index (κ1) is 19.8. The molecule has 0 aliphatic heterocycles. The Bertz CT molecular complexity index is 974. The van der Waals surface area contributed by atoms with Crippen LogP contribution in [0.15, 0.2) is 34.7 Å². The molecule has 28 heavy (non-hydrogen) atoms. The monoisotopic (exact) mass is 417 g/mol. The maximum atomic E-state index is 12.1. The van der Waals surface area contributed by atoms with Crippen molar-refractivity contribution >= 4 is 40.1 Å². The minimum Gasteiger partial charge on any atom is -0.370 e. The van der Waals surface area contributed by atoms with Crippen molar-refractivity contribution in [3.8, 4) is 0 Å². The zero-order chi connectivity index (χ0) is 19.8. The Hall–Kier alpha value is -2.99. The highest BCUT2D eigenvalue weighted by molar-refractivity contribution is 7.98. The number of hydrogen-bond acceptors (Lipinski definition) is 9. The van der Waals surface area contributed by atoms with Crippen LogP contribution in [0.4, 0.5) is 11.1 Å². The molecule has 0 radical (unpaired) electrons.